The van der Waals surface area contributed by atoms with Crippen molar-refractivity contribution in [1.29, 1.82) is 0 Å². The van der Waals surface area contributed by atoms with Crippen LogP contribution in [0.3, 0.4) is 0 Å². The highest BCUT2D eigenvalue weighted by Crippen LogP contribution is 2.44. The standard InChI is InChI=1S/C25H30BrFN2O/c1-3-4-7-12-25(21-11-10-18(16-22(21)27)30-14-13-26)24-20(15-17(2)29-25)19-8-5-6-9-23(19)28-24/h5-6,8-11,16-17,28-29H,3-4,7,12-15H2,1-2H3. The molecule has 0 aliphatic carbocycles. The molecule has 0 saturated carbocycles. The monoisotopic (exact) mass is 472 g/mol. The predicted octanol–water partition coefficient (Wildman–Crippen LogP) is 6.44. The van der Waals surface area contributed by atoms with Crippen molar-refractivity contribution in [3.63, 3.8) is 0 Å². The number of benzene rings is 2. The van der Waals surface area contributed by atoms with E-state index in [2.05, 4.69) is 64.3 Å². The molecule has 5 heteroatoms. The summed E-state index contributed by atoms with van der Waals surface area (Å²) in [4.78, 5) is 3.66. The quantitative estimate of drug-likeness (QED) is 0.292. The first-order chi connectivity index (χ1) is 14.6. The SMILES string of the molecule is CCCCCC1(c2ccc(OCCBr)cc2F)NC(C)Cc2c1[nH]c1ccccc21. The van der Waals surface area contributed by atoms with Crippen LogP contribution in [0, 0.1) is 5.82 Å². The molecule has 3 aromatic rings. The van der Waals surface area contributed by atoms with Crippen molar-refractivity contribution in [3.05, 3.63) is 65.1 Å². The number of halogens is 2. The van der Waals surface area contributed by atoms with E-state index in [4.69, 9.17) is 4.74 Å². The maximum absolute atomic E-state index is 15.5. The van der Waals surface area contributed by atoms with E-state index in [1.54, 1.807) is 0 Å². The molecule has 2 N–H and O–H groups in total. The second-order valence-electron chi connectivity index (χ2n) is 8.32. The Hall–Kier alpha value is -1.85. The van der Waals surface area contributed by atoms with Gasteiger partial charge in [0.2, 0.25) is 0 Å². The first-order valence-electron chi connectivity index (χ1n) is 11.0. The summed E-state index contributed by atoms with van der Waals surface area (Å²) in [5, 5.41) is 5.77. The summed E-state index contributed by atoms with van der Waals surface area (Å²) in [6.07, 6.45) is 5.08. The van der Waals surface area contributed by atoms with E-state index >= 15 is 4.39 Å². The lowest BCUT2D eigenvalue weighted by Crippen LogP contribution is -2.53. The maximum Gasteiger partial charge on any atom is 0.132 e. The number of nitrogens with one attached hydrogen (secondary N) is 2. The molecule has 0 amide bonds. The number of unbranched alkanes of at least 4 members (excludes halogenated alkanes) is 2. The Morgan fingerprint density at radius 2 is 2.03 bits per heavy atom. The second-order valence-corrected chi connectivity index (χ2v) is 9.11. The zero-order valence-electron chi connectivity index (χ0n) is 17.7. The van der Waals surface area contributed by atoms with Crippen LogP contribution in [0.4, 0.5) is 4.39 Å². The molecule has 160 valence electrons. The highest BCUT2D eigenvalue weighted by atomic mass is 79.9. The van der Waals surface area contributed by atoms with Crippen LogP contribution in [0.25, 0.3) is 10.9 Å². The van der Waals surface area contributed by atoms with E-state index in [-0.39, 0.29) is 11.9 Å². The number of alkyl halides is 1. The largest absolute Gasteiger partial charge is 0.493 e. The summed E-state index contributed by atoms with van der Waals surface area (Å²) in [5.74, 6) is 0.352. The van der Waals surface area contributed by atoms with Gasteiger partial charge in [0.1, 0.15) is 11.6 Å². The van der Waals surface area contributed by atoms with Gasteiger partial charge < -0.3 is 9.72 Å². The number of rotatable bonds is 8. The number of hydrogen-bond donors (Lipinski definition) is 2. The van der Waals surface area contributed by atoms with Crippen molar-refractivity contribution in [1.82, 2.24) is 10.3 Å². The highest BCUT2D eigenvalue weighted by molar-refractivity contribution is 9.09. The fraction of sp³-hybridized carbons (Fsp3) is 0.440. The zero-order valence-corrected chi connectivity index (χ0v) is 19.3. The van der Waals surface area contributed by atoms with Crippen molar-refractivity contribution >= 4 is 26.8 Å². The van der Waals surface area contributed by atoms with Gasteiger partial charge >= 0.3 is 0 Å². The minimum Gasteiger partial charge on any atom is -0.493 e. The molecule has 2 aromatic carbocycles. The molecule has 0 spiro atoms. The van der Waals surface area contributed by atoms with E-state index < -0.39 is 5.54 Å². The van der Waals surface area contributed by atoms with Gasteiger partial charge in [-0.2, -0.15) is 0 Å². The lowest BCUT2D eigenvalue weighted by atomic mass is 9.75. The molecule has 0 saturated heterocycles. The summed E-state index contributed by atoms with van der Waals surface area (Å²) in [6, 6.07) is 14.0. The van der Waals surface area contributed by atoms with Crippen LogP contribution >= 0.6 is 15.9 Å². The van der Waals surface area contributed by atoms with E-state index in [0.29, 0.717) is 17.9 Å². The number of aromatic amines is 1. The molecule has 0 fully saturated rings. The molecule has 1 aromatic heterocycles. The summed E-state index contributed by atoms with van der Waals surface area (Å²) in [7, 11) is 0. The number of aromatic nitrogens is 1. The summed E-state index contributed by atoms with van der Waals surface area (Å²) < 4.78 is 21.2. The molecule has 1 aliphatic heterocycles. The Balaban J connectivity index is 1.86. The normalized spacial score (nSPS) is 21.0. The van der Waals surface area contributed by atoms with Gasteiger partial charge in [-0.1, -0.05) is 66.4 Å². The topological polar surface area (TPSA) is 37.0 Å². The van der Waals surface area contributed by atoms with E-state index in [1.807, 2.05) is 12.1 Å². The Morgan fingerprint density at radius 1 is 1.20 bits per heavy atom. The molecule has 2 atom stereocenters. The smallest absolute Gasteiger partial charge is 0.132 e. The van der Waals surface area contributed by atoms with Gasteiger partial charge in [0.25, 0.3) is 0 Å². The van der Waals surface area contributed by atoms with Gasteiger partial charge in [-0.25, -0.2) is 4.39 Å². The molecule has 1 aliphatic rings. The lowest BCUT2D eigenvalue weighted by Gasteiger charge is -2.42. The van der Waals surface area contributed by atoms with E-state index in [1.165, 1.54) is 17.0 Å². The Morgan fingerprint density at radius 3 is 2.80 bits per heavy atom. The number of hydrogen-bond acceptors (Lipinski definition) is 2. The first-order valence-corrected chi connectivity index (χ1v) is 12.1. The third kappa shape index (κ3) is 3.90. The van der Waals surface area contributed by atoms with Gasteiger partial charge in [-0.15, -0.1) is 0 Å². The molecule has 3 nitrogen and oxygen atoms in total. The van der Waals surface area contributed by atoms with Gasteiger partial charge in [0.15, 0.2) is 0 Å². The van der Waals surface area contributed by atoms with Gasteiger partial charge in [0.05, 0.1) is 12.1 Å². The average Bonchev–Trinajstić information content (AvgIpc) is 3.11. The third-order valence-corrected chi connectivity index (χ3v) is 6.47. The molecule has 2 unspecified atom stereocenters. The van der Waals surface area contributed by atoms with Gasteiger partial charge in [-0.3, -0.25) is 5.32 Å². The summed E-state index contributed by atoms with van der Waals surface area (Å²) in [6.45, 7) is 4.92. The molecular formula is C25H30BrFN2O. The zero-order chi connectivity index (χ0) is 21.1. The molecule has 0 bridgehead atoms. The number of ether oxygens (including phenoxy) is 1. The third-order valence-electron chi connectivity index (χ3n) is 6.15. The Kier molecular flexibility index (Phi) is 6.49. The van der Waals surface area contributed by atoms with Crippen LogP contribution in [0.2, 0.25) is 0 Å². The summed E-state index contributed by atoms with van der Waals surface area (Å²) in [5.41, 5.74) is 3.68. The second kappa shape index (κ2) is 9.11. The molecule has 4 rings (SSSR count). The fourth-order valence-corrected chi connectivity index (χ4v) is 5.06. The van der Waals surface area contributed by atoms with Crippen LogP contribution < -0.4 is 10.1 Å². The van der Waals surface area contributed by atoms with Crippen LogP contribution in [0.1, 0.15) is 56.4 Å². The number of fused-ring (bicyclic) bond motifs is 3. The fourth-order valence-electron chi connectivity index (χ4n) is 4.90. The average molecular weight is 473 g/mol. The summed E-state index contributed by atoms with van der Waals surface area (Å²) >= 11 is 3.35. The predicted molar refractivity (Wildman–Crippen MR) is 125 cm³/mol. The molecule has 0 radical (unpaired) electrons. The van der Waals surface area contributed by atoms with Crippen molar-refractivity contribution in [3.8, 4) is 5.75 Å². The van der Waals surface area contributed by atoms with E-state index in [9.17, 15) is 0 Å². The Labute approximate surface area is 186 Å². The van der Waals surface area contributed by atoms with Crippen LogP contribution in [-0.4, -0.2) is 23.0 Å². The van der Waals surface area contributed by atoms with Crippen LogP contribution in [-0.2, 0) is 12.0 Å². The molecule has 30 heavy (non-hydrogen) atoms. The molecular weight excluding hydrogens is 443 g/mol. The lowest BCUT2D eigenvalue weighted by molar-refractivity contribution is 0.282. The van der Waals surface area contributed by atoms with Crippen LogP contribution in [0.15, 0.2) is 42.5 Å². The van der Waals surface area contributed by atoms with Crippen LogP contribution in [0.5, 0.6) is 5.75 Å². The van der Waals surface area contributed by atoms with Crippen molar-refractivity contribution in [2.75, 3.05) is 11.9 Å². The number of para-hydroxylation sites is 1. The minimum atomic E-state index is -0.570. The number of H-pyrrole nitrogens is 1. The Bertz CT molecular complexity index is 1020. The van der Waals surface area contributed by atoms with Crippen molar-refractivity contribution < 1.29 is 9.13 Å². The first kappa shape index (κ1) is 21.4. The van der Waals surface area contributed by atoms with Gasteiger partial charge in [0, 0.05) is 39.6 Å². The minimum absolute atomic E-state index is 0.218. The van der Waals surface area contributed by atoms with E-state index in [0.717, 1.165) is 48.6 Å². The van der Waals surface area contributed by atoms with Crippen molar-refractivity contribution in [2.24, 2.45) is 0 Å². The van der Waals surface area contributed by atoms with Gasteiger partial charge in [-0.05, 0) is 37.5 Å². The maximum atomic E-state index is 15.5. The van der Waals surface area contributed by atoms with Crippen molar-refractivity contribution in [2.45, 2.75) is 57.5 Å². The highest BCUT2D eigenvalue weighted by Gasteiger charge is 2.43. The molecule has 2 heterocycles.